The number of hydrogen-bond acceptors (Lipinski definition) is 6. The molecule has 0 heterocycles. The van der Waals surface area contributed by atoms with Gasteiger partial charge >= 0.3 is 0 Å². The average molecular weight is 529 g/mol. The maximum atomic E-state index is 14.8. The lowest BCUT2D eigenvalue weighted by atomic mass is 10.2. The lowest BCUT2D eigenvalue weighted by Crippen LogP contribution is -2.41. The molecule has 182 valence electrons. The summed E-state index contributed by atoms with van der Waals surface area (Å²) in [6, 6.07) is 8.40. The summed E-state index contributed by atoms with van der Waals surface area (Å²) in [4.78, 5) is 23.6. The van der Waals surface area contributed by atoms with E-state index in [0.29, 0.717) is 5.02 Å². The summed E-state index contributed by atoms with van der Waals surface area (Å²) in [7, 11) is -4.21. The van der Waals surface area contributed by atoms with Crippen LogP contribution in [0.1, 0.15) is 27.2 Å². The summed E-state index contributed by atoms with van der Waals surface area (Å²) in [6.45, 7) is 5.17. The SMILES string of the molecule is CC(C)Oc1c(NCCC(C)N(c2cc(Cl)ccc2F)S(=O)(=O)c2ccc(Cl)cc2)c(=O)c1=O. The van der Waals surface area contributed by atoms with E-state index < -0.39 is 32.7 Å². The van der Waals surface area contributed by atoms with Gasteiger partial charge in [-0.25, -0.2) is 12.8 Å². The van der Waals surface area contributed by atoms with E-state index in [1.165, 1.54) is 36.4 Å². The Kier molecular flexibility index (Phi) is 7.90. The Labute approximate surface area is 206 Å². The largest absolute Gasteiger partial charge is 0.485 e. The van der Waals surface area contributed by atoms with E-state index in [9.17, 15) is 22.4 Å². The number of anilines is 2. The van der Waals surface area contributed by atoms with Crippen LogP contribution in [0.15, 0.2) is 56.9 Å². The Morgan fingerprint density at radius 2 is 1.62 bits per heavy atom. The standard InChI is InChI=1S/C23H23Cl2FN2O5S/c1-13(2)33-23-20(21(29)22(23)30)27-11-10-14(3)28(19-12-16(25)6-9-18(19)26)34(31,32)17-7-4-15(24)5-8-17/h4-9,12-14,27H,10-11H2,1-3H3. The molecule has 3 aromatic rings. The number of ether oxygens (including phenoxy) is 1. The maximum Gasteiger partial charge on any atom is 0.272 e. The van der Waals surface area contributed by atoms with Gasteiger partial charge in [0.25, 0.3) is 20.9 Å². The van der Waals surface area contributed by atoms with Crippen LogP contribution in [-0.4, -0.2) is 27.1 Å². The first-order chi connectivity index (χ1) is 15.9. The molecular formula is C23H23Cl2FN2O5S. The van der Waals surface area contributed by atoms with E-state index in [-0.39, 0.29) is 46.1 Å². The molecule has 1 unspecified atom stereocenters. The van der Waals surface area contributed by atoms with Crippen molar-refractivity contribution >= 4 is 44.6 Å². The fourth-order valence-corrected chi connectivity index (χ4v) is 5.36. The van der Waals surface area contributed by atoms with Crippen LogP contribution >= 0.6 is 23.2 Å². The lowest BCUT2D eigenvalue weighted by molar-refractivity contribution is 0.238. The van der Waals surface area contributed by atoms with Crippen LogP contribution in [0.25, 0.3) is 0 Å². The van der Waals surface area contributed by atoms with Crippen LogP contribution in [0.5, 0.6) is 5.75 Å². The molecule has 1 N–H and O–H groups in total. The molecular weight excluding hydrogens is 506 g/mol. The smallest absolute Gasteiger partial charge is 0.272 e. The van der Waals surface area contributed by atoms with Crippen molar-refractivity contribution in [1.29, 1.82) is 0 Å². The number of rotatable bonds is 10. The number of halogens is 3. The van der Waals surface area contributed by atoms with Crippen LogP contribution in [0.2, 0.25) is 10.0 Å². The van der Waals surface area contributed by atoms with Crippen LogP contribution < -0.4 is 25.2 Å². The van der Waals surface area contributed by atoms with Gasteiger partial charge in [-0.2, -0.15) is 0 Å². The summed E-state index contributed by atoms with van der Waals surface area (Å²) in [5, 5.41) is 3.36. The van der Waals surface area contributed by atoms with E-state index in [2.05, 4.69) is 5.32 Å². The van der Waals surface area contributed by atoms with Crippen molar-refractivity contribution in [3.63, 3.8) is 0 Å². The molecule has 0 fully saturated rings. The first-order valence-electron chi connectivity index (χ1n) is 10.4. The zero-order chi connectivity index (χ0) is 25.2. The zero-order valence-corrected chi connectivity index (χ0v) is 21.0. The third-order valence-electron chi connectivity index (χ3n) is 5.00. The zero-order valence-electron chi connectivity index (χ0n) is 18.6. The fraction of sp³-hybridized carbons (Fsp3) is 0.304. The monoisotopic (exact) mass is 528 g/mol. The van der Waals surface area contributed by atoms with Gasteiger partial charge in [0.2, 0.25) is 0 Å². The molecule has 0 aromatic heterocycles. The molecule has 0 saturated carbocycles. The van der Waals surface area contributed by atoms with Crippen LogP contribution in [0, 0.1) is 5.82 Å². The van der Waals surface area contributed by atoms with Crippen molar-refractivity contribution in [3.8, 4) is 5.75 Å². The van der Waals surface area contributed by atoms with E-state index >= 15 is 0 Å². The highest BCUT2D eigenvalue weighted by Crippen LogP contribution is 2.32. The number of nitrogens with zero attached hydrogens (tertiary/aromatic N) is 1. The third-order valence-corrected chi connectivity index (χ3v) is 7.43. The number of benzene rings is 2. The molecule has 0 saturated heterocycles. The molecule has 0 aliphatic rings. The van der Waals surface area contributed by atoms with Crippen molar-refractivity contribution in [2.75, 3.05) is 16.2 Å². The summed E-state index contributed by atoms with van der Waals surface area (Å²) < 4.78 is 48.1. The highest BCUT2D eigenvalue weighted by atomic mass is 35.5. The second-order valence-corrected chi connectivity index (χ2v) is 10.6. The van der Waals surface area contributed by atoms with Gasteiger partial charge in [-0.3, -0.25) is 13.9 Å². The summed E-state index contributed by atoms with van der Waals surface area (Å²) in [5.41, 5.74) is -1.58. The molecule has 0 spiro atoms. The van der Waals surface area contributed by atoms with Crippen molar-refractivity contribution in [3.05, 3.63) is 78.8 Å². The Bertz CT molecular complexity index is 1350. The molecule has 7 nitrogen and oxygen atoms in total. The molecule has 3 aromatic carbocycles. The Morgan fingerprint density at radius 3 is 2.24 bits per heavy atom. The van der Waals surface area contributed by atoms with E-state index in [4.69, 9.17) is 27.9 Å². The predicted octanol–water partition coefficient (Wildman–Crippen LogP) is 4.60. The summed E-state index contributed by atoms with van der Waals surface area (Å²) >= 11 is 11.9. The number of nitrogens with one attached hydrogen (secondary N) is 1. The van der Waals surface area contributed by atoms with Gasteiger partial charge in [-0.05, 0) is 69.7 Å². The molecule has 0 aliphatic heterocycles. The van der Waals surface area contributed by atoms with E-state index in [0.717, 1.165) is 10.4 Å². The molecule has 0 bridgehead atoms. The topological polar surface area (TPSA) is 92.8 Å². The Hall–Kier alpha value is -2.62. The highest BCUT2D eigenvalue weighted by molar-refractivity contribution is 7.92. The van der Waals surface area contributed by atoms with Crippen molar-refractivity contribution < 1.29 is 17.5 Å². The molecule has 0 amide bonds. The quantitative estimate of drug-likeness (QED) is 0.386. The van der Waals surface area contributed by atoms with Gasteiger partial charge in [-0.1, -0.05) is 23.2 Å². The highest BCUT2D eigenvalue weighted by Gasteiger charge is 2.32. The van der Waals surface area contributed by atoms with Gasteiger partial charge in [-0.15, -0.1) is 0 Å². The van der Waals surface area contributed by atoms with Gasteiger partial charge in [0.05, 0.1) is 16.7 Å². The van der Waals surface area contributed by atoms with Crippen LogP contribution in [0.4, 0.5) is 15.8 Å². The molecule has 0 aliphatic carbocycles. The van der Waals surface area contributed by atoms with E-state index in [1.54, 1.807) is 20.8 Å². The molecule has 34 heavy (non-hydrogen) atoms. The first-order valence-corrected chi connectivity index (χ1v) is 12.6. The van der Waals surface area contributed by atoms with Crippen molar-refractivity contribution in [1.82, 2.24) is 0 Å². The predicted molar refractivity (Wildman–Crippen MR) is 132 cm³/mol. The Morgan fingerprint density at radius 1 is 1.00 bits per heavy atom. The van der Waals surface area contributed by atoms with E-state index in [1.807, 2.05) is 0 Å². The van der Waals surface area contributed by atoms with Gasteiger partial charge < -0.3 is 10.1 Å². The minimum Gasteiger partial charge on any atom is -0.485 e. The summed E-state index contributed by atoms with van der Waals surface area (Å²) in [5.74, 6) is -0.809. The second kappa shape index (κ2) is 10.3. The Balaban J connectivity index is 1.89. The van der Waals surface area contributed by atoms with Crippen LogP contribution in [0.3, 0.4) is 0 Å². The molecule has 0 radical (unpaired) electrons. The van der Waals surface area contributed by atoms with Gasteiger partial charge in [0.1, 0.15) is 11.5 Å². The molecule has 3 rings (SSSR count). The number of sulfonamides is 1. The van der Waals surface area contributed by atoms with Crippen LogP contribution in [-0.2, 0) is 10.0 Å². The maximum absolute atomic E-state index is 14.8. The average Bonchev–Trinajstić information content (AvgIpc) is 2.77. The lowest BCUT2D eigenvalue weighted by Gasteiger charge is -2.31. The third kappa shape index (κ3) is 5.37. The normalized spacial score (nSPS) is 12.7. The minimum absolute atomic E-state index is 0.0424. The van der Waals surface area contributed by atoms with Crippen molar-refractivity contribution in [2.45, 2.75) is 44.2 Å². The summed E-state index contributed by atoms with van der Waals surface area (Å²) in [6.07, 6.45) is -0.132. The van der Waals surface area contributed by atoms with Crippen molar-refractivity contribution in [2.24, 2.45) is 0 Å². The van der Waals surface area contributed by atoms with Gasteiger partial charge in [0.15, 0.2) is 5.75 Å². The fourth-order valence-electron chi connectivity index (χ4n) is 3.38. The van der Waals surface area contributed by atoms with Gasteiger partial charge in [0, 0.05) is 22.6 Å². The molecule has 11 heteroatoms. The molecule has 1 atom stereocenters. The number of hydrogen-bond donors (Lipinski definition) is 1. The second-order valence-electron chi connectivity index (χ2n) is 7.94. The first kappa shape index (κ1) is 26.0. The minimum atomic E-state index is -4.21.